The van der Waals surface area contributed by atoms with Crippen molar-refractivity contribution < 1.29 is 17.9 Å². The number of sulfonamides is 1. The third-order valence-corrected chi connectivity index (χ3v) is 6.26. The highest BCUT2D eigenvalue weighted by molar-refractivity contribution is 7.92. The van der Waals surface area contributed by atoms with Crippen molar-refractivity contribution in [1.29, 1.82) is 0 Å². The van der Waals surface area contributed by atoms with Crippen LogP contribution in [0.5, 0.6) is 5.75 Å². The summed E-state index contributed by atoms with van der Waals surface area (Å²) in [4.78, 5) is 14.4. The van der Waals surface area contributed by atoms with E-state index in [0.29, 0.717) is 23.5 Å². The van der Waals surface area contributed by atoms with E-state index in [2.05, 4.69) is 16.9 Å². The number of ether oxygens (including phenoxy) is 1. The fourth-order valence-electron chi connectivity index (χ4n) is 3.16. The summed E-state index contributed by atoms with van der Waals surface area (Å²) in [5.41, 5.74) is 1.97. The topological polar surface area (TPSA) is 75.7 Å². The van der Waals surface area contributed by atoms with E-state index in [-0.39, 0.29) is 10.8 Å². The lowest BCUT2D eigenvalue weighted by atomic mass is 10.1. The number of carbonyl (C=O) groups is 1. The second-order valence-corrected chi connectivity index (χ2v) is 8.86. The molecule has 31 heavy (non-hydrogen) atoms. The molecule has 3 aromatic carbocycles. The van der Waals surface area contributed by atoms with Crippen LogP contribution in [0.2, 0.25) is 0 Å². The predicted molar refractivity (Wildman–Crippen MR) is 122 cm³/mol. The first-order chi connectivity index (χ1) is 14.9. The maximum atomic E-state index is 12.8. The van der Waals surface area contributed by atoms with Crippen LogP contribution in [0.25, 0.3) is 0 Å². The van der Waals surface area contributed by atoms with Crippen molar-refractivity contribution in [3.63, 3.8) is 0 Å². The van der Waals surface area contributed by atoms with Crippen LogP contribution in [-0.4, -0.2) is 39.9 Å². The molecule has 162 valence electrons. The smallest absolute Gasteiger partial charge is 0.261 e. The number of hydrogen-bond donors (Lipinski definition) is 1. The predicted octanol–water partition coefficient (Wildman–Crippen LogP) is 4.20. The van der Waals surface area contributed by atoms with Gasteiger partial charge in [0.25, 0.3) is 15.9 Å². The molecule has 3 aromatic rings. The Kier molecular flexibility index (Phi) is 7.31. The molecule has 0 atom stereocenters. The lowest BCUT2D eigenvalue weighted by Gasteiger charge is -2.18. The number of benzene rings is 3. The first kappa shape index (κ1) is 22.4. The van der Waals surface area contributed by atoms with Crippen LogP contribution in [0.3, 0.4) is 0 Å². The van der Waals surface area contributed by atoms with Crippen molar-refractivity contribution in [3.05, 3.63) is 90.0 Å². The van der Waals surface area contributed by atoms with Crippen LogP contribution in [0.4, 0.5) is 5.69 Å². The first-order valence-corrected chi connectivity index (χ1v) is 11.4. The SMILES string of the molecule is COc1ccc(NS(=O)(=O)c2cccc(C(=O)N(C)CCCc3ccccc3)c2)cc1. The Bertz CT molecular complexity index is 1110. The lowest BCUT2D eigenvalue weighted by molar-refractivity contribution is 0.0793. The highest BCUT2D eigenvalue weighted by atomic mass is 32.2. The third kappa shape index (κ3) is 6.08. The van der Waals surface area contributed by atoms with Gasteiger partial charge in [-0.05, 0) is 60.9 Å². The molecule has 0 fully saturated rings. The standard InChI is InChI=1S/C24H26N2O4S/c1-26(17-7-10-19-8-4-3-5-9-19)24(27)20-11-6-12-23(18-20)31(28,29)25-21-13-15-22(30-2)16-14-21/h3-6,8-9,11-16,18,25H,7,10,17H2,1-2H3. The molecule has 1 amide bonds. The molecule has 0 unspecified atom stereocenters. The second-order valence-electron chi connectivity index (χ2n) is 7.18. The molecule has 0 aromatic heterocycles. The quantitative estimate of drug-likeness (QED) is 0.543. The van der Waals surface area contributed by atoms with Crippen molar-refractivity contribution in [2.75, 3.05) is 25.4 Å². The lowest BCUT2D eigenvalue weighted by Crippen LogP contribution is -2.28. The van der Waals surface area contributed by atoms with E-state index in [1.807, 2.05) is 18.2 Å². The fourth-order valence-corrected chi connectivity index (χ4v) is 4.26. The van der Waals surface area contributed by atoms with E-state index >= 15 is 0 Å². The van der Waals surface area contributed by atoms with Gasteiger partial charge in [-0.3, -0.25) is 9.52 Å². The van der Waals surface area contributed by atoms with Gasteiger partial charge in [0.05, 0.1) is 12.0 Å². The molecule has 0 aliphatic heterocycles. The van der Waals surface area contributed by atoms with E-state index in [9.17, 15) is 13.2 Å². The van der Waals surface area contributed by atoms with Gasteiger partial charge in [-0.25, -0.2) is 8.42 Å². The minimum Gasteiger partial charge on any atom is -0.497 e. The molecule has 0 radical (unpaired) electrons. The molecule has 0 bridgehead atoms. The van der Waals surface area contributed by atoms with Gasteiger partial charge in [-0.2, -0.15) is 0 Å². The van der Waals surface area contributed by atoms with Crippen LogP contribution in [-0.2, 0) is 16.4 Å². The summed E-state index contributed by atoms with van der Waals surface area (Å²) < 4.78 is 33.1. The number of aryl methyl sites for hydroxylation is 1. The van der Waals surface area contributed by atoms with Gasteiger partial charge in [-0.15, -0.1) is 0 Å². The number of carbonyl (C=O) groups excluding carboxylic acids is 1. The molecule has 0 aliphatic rings. The summed E-state index contributed by atoms with van der Waals surface area (Å²) in [5, 5.41) is 0. The highest BCUT2D eigenvalue weighted by Crippen LogP contribution is 2.20. The van der Waals surface area contributed by atoms with Gasteiger partial charge in [0, 0.05) is 24.8 Å². The molecule has 1 N–H and O–H groups in total. The fraction of sp³-hybridized carbons (Fsp3) is 0.208. The van der Waals surface area contributed by atoms with Crippen molar-refractivity contribution >= 4 is 21.6 Å². The average Bonchev–Trinajstić information content (AvgIpc) is 2.79. The zero-order valence-electron chi connectivity index (χ0n) is 17.6. The second kappa shape index (κ2) is 10.1. The third-order valence-electron chi connectivity index (χ3n) is 4.88. The molecule has 0 saturated heterocycles. The molecule has 7 heteroatoms. The molecular formula is C24H26N2O4S. The van der Waals surface area contributed by atoms with Crippen LogP contribution in [0.1, 0.15) is 22.3 Å². The Morgan fingerprint density at radius 1 is 0.968 bits per heavy atom. The number of nitrogens with one attached hydrogen (secondary N) is 1. The minimum absolute atomic E-state index is 0.0341. The minimum atomic E-state index is -3.83. The summed E-state index contributed by atoms with van der Waals surface area (Å²) >= 11 is 0. The van der Waals surface area contributed by atoms with E-state index in [0.717, 1.165) is 12.8 Å². The van der Waals surface area contributed by atoms with Gasteiger partial charge < -0.3 is 9.64 Å². The van der Waals surface area contributed by atoms with Gasteiger partial charge in [-0.1, -0.05) is 36.4 Å². The molecule has 0 aliphatic carbocycles. The molecule has 6 nitrogen and oxygen atoms in total. The number of methoxy groups -OCH3 is 1. The number of anilines is 1. The maximum absolute atomic E-state index is 12.8. The Morgan fingerprint density at radius 3 is 2.35 bits per heavy atom. The molecule has 0 heterocycles. The van der Waals surface area contributed by atoms with Gasteiger partial charge in [0.2, 0.25) is 0 Å². The summed E-state index contributed by atoms with van der Waals surface area (Å²) in [6, 6.07) is 22.7. The Morgan fingerprint density at radius 2 is 1.68 bits per heavy atom. The molecule has 0 spiro atoms. The number of hydrogen-bond acceptors (Lipinski definition) is 4. The van der Waals surface area contributed by atoms with Gasteiger partial charge in [0.1, 0.15) is 5.75 Å². The number of nitrogens with zero attached hydrogens (tertiary/aromatic N) is 1. The monoisotopic (exact) mass is 438 g/mol. The largest absolute Gasteiger partial charge is 0.497 e. The molecule has 0 saturated carbocycles. The van der Waals surface area contributed by atoms with Gasteiger partial charge >= 0.3 is 0 Å². The van der Waals surface area contributed by atoms with Crippen molar-refractivity contribution in [2.45, 2.75) is 17.7 Å². The van der Waals surface area contributed by atoms with Crippen LogP contribution in [0.15, 0.2) is 83.8 Å². The number of rotatable bonds is 9. The Hall–Kier alpha value is -3.32. The highest BCUT2D eigenvalue weighted by Gasteiger charge is 2.18. The van der Waals surface area contributed by atoms with Crippen molar-refractivity contribution in [3.8, 4) is 5.75 Å². The van der Waals surface area contributed by atoms with Crippen LogP contribution in [0, 0.1) is 0 Å². The Labute approximate surface area is 183 Å². The van der Waals surface area contributed by atoms with Crippen molar-refractivity contribution in [1.82, 2.24) is 4.90 Å². The summed E-state index contributed by atoms with van der Waals surface area (Å²) in [7, 11) is -0.561. The van der Waals surface area contributed by atoms with E-state index in [1.54, 1.807) is 55.5 Å². The maximum Gasteiger partial charge on any atom is 0.261 e. The summed E-state index contributed by atoms with van der Waals surface area (Å²) in [6.45, 7) is 0.578. The summed E-state index contributed by atoms with van der Waals surface area (Å²) in [6.07, 6.45) is 1.70. The normalized spacial score (nSPS) is 11.0. The van der Waals surface area contributed by atoms with Gasteiger partial charge in [0.15, 0.2) is 0 Å². The first-order valence-electron chi connectivity index (χ1n) is 9.95. The molecule has 3 rings (SSSR count). The average molecular weight is 439 g/mol. The van der Waals surface area contributed by atoms with Crippen LogP contribution >= 0.6 is 0 Å². The zero-order valence-corrected chi connectivity index (χ0v) is 18.4. The number of amides is 1. The Balaban J connectivity index is 1.65. The van der Waals surface area contributed by atoms with E-state index in [1.165, 1.54) is 17.7 Å². The summed E-state index contributed by atoms with van der Waals surface area (Å²) in [5.74, 6) is 0.417. The zero-order chi connectivity index (χ0) is 22.3. The van der Waals surface area contributed by atoms with E-state index < -0.39 is 10.0 Å². The van der Waals surface area contributed by atoms with Crippen molar-refractivity contribution in [2.24, 2.45) is 0 Å². The molecular weight excluding hydrogens is 412 g/mol. The van der Waals surface area contributed by atoms with Crippen LogP contribution < -0.4 is 9.46 Å². The van der Waals surface area contributed by atoms with E-state index in [4.69, 9.17) is 4.74 Å².